The summed E-state index contributed by atoms with van der Waals surface area (Å²) in [4.78, 5) is 13.5. The molecule has 0 aliphatic rings. The van der Waals surface area contributed by atoms with Gasteiger partial charge in [0.25, 0.3) is 0 Å². The molecule has 0 aliphatic carbocycles. The molecule has 2 unspecified atom stereocenters. The fourth-order valence-corrected chi connectivity index (χ4v) is 5.26. The van der Waals surface area contributed by atoms with E-state index in [0.29, 0.717) is 22.9 Å². The van der Waals surface area contributed by atoms with Gasteiger partial charge in [-0.25, -0.2) is 0 Å². The Morgan fingerprint density at radius 2 is 1.55 bits per heavy atom. The van der Waals surface area contributed by atoms with E-state index in [1.54, 1.807) is 0 Å². The first-order valence-electron chi connectivity index (χ1n) is 13.8. The van der Waals surface area contributed by atoms with Crippen LogP contribution in [0.1, 0.15) is 88.0 Å². The third-order valence-electron chi connectivity index (χ3n) is 7.10. The molecule has 3 rings (SSSR count). The zero-order valence-corrected chi connectivity index (χ0v) is 24.0. The molecule has 0 saturated heterocycles. The lowest BCUT2D eigenvalue weighted by Gasteiger charge is -2.37. The van der Waals surface area contributed by atoms with Gasteiger partial charge in [0.1, 0.15) is 6.04 Å². The van der Waals surface area contributed by atoms with Crippen LogP contribution in [0.25, 0.3) is 0 Å². The molecule has 0 bridgehead atoms. The maximum Gasteiger partial charge on any atom is 0.324 e. The minimum Gasteiger partial charge on any atom is -0.443 e. The van der Waals surface area contributed by atoms with Crippen molar-refractivity contribution < 1.29 is 9.53 Å². The number of unbranched alkanes of at least 4 members (excludes halogenated alkanes) is 2. The molecular formula is C34H42ClNO2. The number of halogens is 1. The maximum absolute atomic E-state index is 13.5. The lowest BCUT2D eigenvalue weighted by molar-refractivity contribution is -0.155. The van der Waals surface area contributed by atoms with Gasteiger partial charge in [0, 0.05) is 21.7 Å². The molecule has 2 N–H and O–H groups in total. The van der Waals surface area contributed by atoms with Crippen molar-refractivity contribution in [3.05, 3.63) is 118 Å². The van der Waals surface area contributed by atoms with Crippen molar-refractivity contribution in [3.63, 3.8) is 0 Å². The number of carbonyl (C=O) groups is 1. The van der Waals surface area contributed by atoms with Gasteiger partial charge in [-0.1, -0.05) is 124 Å². The van der Waals surface area contributed by atoms with Crippen LogP contribution in [0.3, 0.4) is 0 Å². The number of rotatable bonds is 13. The minimum absolute atomic E-state index is 0.266. The van der Waals surface area contributed by atoms with Crippen molar-refractivity contribution in [2.45, 2.75) is 77.4 Å². The number of hydrogen-bond acceptors (Lipinski definition) is 3. The first-order chi connectivity index (χ1) is 18.3. The highest BCUT2D eigenvalue weighted by atomic mass is 35.5. The van der Waals surface area contributed by atoms with Gasteiger partial charge >= 0.3 is 5.97 Å². The van der Waals surface area contributed by atoms with E-state index in [1.807, 2.05) is 68.4 Å². The number of allylic oxidation sites excluding steroid dienone is 2. The lowest BCUT2D eigenvalue weighted by atomic mass is 9.79. The van der Waals surface area contributed by atoms with E-state index < -0.39 is 17.6 Å². The molecule has 3 aromatic rings. The second-order valence-corrected chi connectivity index (χ2v) is 11.0. The number of esters is 1. The van der Waals surface area contributed by atoms with Gasteiger partial charge in [-0.3, -0.25) is 4.79 Å². The standard InChI is InChI=1S/C34H42ClNO2/c1-5-6-7-8-10-15-26(4)27-20-22-29(23-21-27)34(28-16-11-9-12-17-28,30-18-13-14-19-31(30)35)38-33(37)32(36)24-25(2)3/h5-6,9,11-14,16-23,25-26,32H,7-8,10,15,24,36H2,1-4H3/b6-5-/t26-,32?,34?/m0/s1. The molecule has 0 amide bonds. The van der Waals surface area contributed by atoms with Crippen molar-refractivity contribution >= 4 is 17.6 Å². The summed E-state index contributed by atoms with van der Waals surface area (Å²) in [5.74, 6) is 0.256. The van der Waals surface area contributed by atoms with Crippen LogP contribution in [0.2, 0.25) is 5.02 Å². The number of benzene rings is 3. The molecule has 3 aromatic carbocycles. The Morgan fingerprint density at radius 3 is 2.18 bits per heavy atom. The predicted molar refractivity (Wildman–Crippen MR) is 159 cm³/mol. The quantitative estimate of drug-likeness (QED) is 0.104. The summed E-state index contributed by atoms with van der Waals surface area (Å²) in [5.41, 5.74) is 8.73. The van der Waals surface area contributed by atoms with Crippen molar-refractivity contribution in [1.82, 2.24) is 0 Å². The molecule has 0 saturated carbocycles. The monoisotopic (exact) mass is 531 g/mol. The van der Waals surface area contributed by atoms with Crippen LogP contribution in [0.4, 0.5) is 0 Å². The van der Waals surface area contributed by atoms with Crippen LogP contribution < -0.4 is 5.73 Å². The first kappa shape index (κ1) is 29.7. The molecule has 0 heterocycles. The summed E-state index contributed by atoms with van der Waals surface area (Å²) in [5, 5.41) is 0.528. The summed E-state index contributed by atoms with van der Waals surface area (Å²) in [6.07, 6.45) is 9.52. The Bertz CT molecular complexity index is 1170. The van der Waals surface area contributed by atoms with E-state index >= 15 is 0 Å². The van der Waals surface area contributed by atoms with E-state index in [2.05, 4.69) is 50.3 Å². The van der Waals surface area contributed by atoms with Crippen LogP contribution in [0.5, 0.6) is 0 Å². The number of nitrogens with two attached hydrogens (primary N) is 1. The topological polar surface area (TPSA) is 52.3 Å². The van der Waals surface area contributed by atoms with Crippen LogP contribution in [-0.4, -0.2) is 12.0 Å². The van der Waals surface area contributed by atoms with Gasteiger partial charge in [-0.2, -0.15) is 0 Å². The Balaban J connectivity index is 2.06. The molecule has 0 aliphatic heterocycles. The molecule has 4 heteroatoms. The third kappa shape index (κ3) is 7.36. The first-order valence-corrected chi connectivity index (χ1v) is 14.2. The Hall–Kier alpha value is -2.88. The minimum atomic E-state index is -1.24. The van der Waals surface area contributed by atoms with Crippen molar-refractivity contribution in [3.8, 4) is 0 Å². The van der Waals surface area contributed by atoms with Crippen LogP contribution >= 0.6 is 11.6 Å². The summed E-state index contributed by atoms with van der Waals surface area (Å²) >= 11 is 6.80. The number of carbonyl (C=O) groups excluding carboxylic acids is 1. The average Bonchev–Trinajstić information content (AvgIpc) is 2.92. The van der Waals surface area contributed by atoms with E-state index in [1.165, 1.54) is 18.4 Å². The zero-order valence-electron chi connectivity index (χ0n) is 23.2. The molecule has 38 heavy (non-hydrogen) atoms. The second-order valence-electron chi connectivity index (χ2n) is 10.6. The molecular weight excluding hydrogens is 490 g/mol. The summed E-state index contributed by atoms with van der Waals surface area (Å²) in [6.45, 7) is 8.43. The average molecular weight is 532 g/mol. The number of ether oxygens (including phenoxy) is 1. The van der Waals surface area contributed by atoms with E-state index in [4.69, 9.17) is 22.1 Å². The lowest BCUT2D eigenvalue weighted by Crippen LogP contribution is -2.42. The third-order valence-corrected chi connectivity index (χ3v) is 7.42. The van der Waals surface area contributed by atoms with Gasteiger partial charge in [-0.05, 0) is 56.1 Å². The van der Waals surface area contributed by atoms with Gasteiger partial charge in [0.2, 0.25) is 0 Å². The molecule has 0 spiro atoms. The zero-order chi connectivity index (χ0) is 27.5. The van der Waals surface area contributed by atoms with Gasteiger partial charge in [-0.15, -0.1) is 0 Å². The fraction of sp³-hybridized carbons (Fsp3) is 0.382. The molecule has 0 fully saturated rings. The molecule has 0 radical (unpaired) electrons. The van der Waals surface area contributed by atoms with E-state index in [0.717, 1.165) is 24.0 Å². The van der Waals surface area contributed by atoms with Gasteiger partial charge in [0.15, 0.2) is 5.60 Å². The SMILES string of the molecule is C/C=C\CCCC[C@H](C)c1ccc(C(OC(=O)C(N)CC(C)C)(c2ccccc2)c2ccccc2Cl)cc1. The van der Waals surface area contributed by atoms with Crippen LogP contribution in [0, 0.1) is 5.92 Å². The molecule has 3 nitrogen and oxygen atoms in total. The Kier molecular flexibility index (Phi) is 11.2. The predicted octanol–water partition coefficient (Wildman–Crippen LogP) is 8.79. The summed E-state index contributed by atoms with van der Waals surface area (Å²) in [7, 11) is 0. The van der Waals surface area contributed by atoms with Crippen molar-refractivity contribution in [2.24, 2.45) is 11.7 Å². The normalized spacial score (nSPS) is 14.8. The highest BCUT2D eigenvalue weighted by Gasteiger charge is 2.43. The largest absolute Gasteiger partial charge is 0.443 e. The Labute approximate surface area is 234 Å². The van der Waals surface area contributed by atoms with Crippen LogP contribution in [-0.2, 0) is 15.1 Å². The van der Waals surface area contributed by atoms with E-state index in [-0.39, 0.29) is 5.92 Å². The summed E-state index contributed by atoms with van der Waals surface area (Å²) in [6, 6.07) is 25.1. The highest BCUT2D eigenvalue weighted by Crippen LogP contribution is 2.44. The highest BCUT2D eigenvalue weighted by molar-refractivity contribution is 6.31. The van der Waals surface area contributed by atoms with Gasteiger partial charge < -0.3 is 10.5 Å². The Morgan fingerprint density at radius 1 is 0.921 bits per heavy atom. The number of hydrogen-bond donors (Lipinski definition) is 1. The van der Waals surface area contributed by atoms with Crippen molar-refractivity contribution in [1.29, 1.82) is 0 Å². The summed E-state index contributed by atoms with van der Waals surface area (Å²) < 4.78 is 6.49. The van der Waals surface area contributed by atoms with E-state index in [9.17, 15) is 4.79 Å². The van der Waals surface area contributed by atoms with Crippen LogP contribution in [0.15, 0.2) is 91.0 Å². The second kappa shape index (κ2) is 14.3. The molecule has 0 aromatic heterocycles. The fourth-order valence-electron chi connectivity index (χ4n) is 4.99. The maximum atomic E-state index is 13.5. The molecule has 202 valence electrons. The smallest absolute Gasteiger partial charge is 0.324 e. The van der Waals surface area contributed by atoms with Gasteiger partial charge in [0.05, 0.1) is 0 Å². The van der Waals surface area contributed by atoms with Crippen molar-refractivity contribution in [2.75, 3.05) is 0 Å². The molecule has 3 atom stereocenters.